The number of nitrogens with zero attached hydrogens (tertiary/aromatic N) is 4. The van der Waals surface area contributed by atoms with Crippen molar-refractivity contribution in [3.05, 3.63) is 58.0 Å². The summed E-state index contributed by atoms with van der Waals surface area (Å²) in [6, 6.07) is 6.91. The van der Waals surface area contributed by atoms with E-state index in [1.807, 2.05) is 6.07 Å². The third kappa shape index (κ3) is 4.63. The molecule has 8 nitrogen and oxygen atoms in total. The lowest BCUT2D eigenvalue weighted by atomic mass is 10.3. The number of carbonyl (C=O) groups is 1. The van der Waals surface area contributed by atoms with Gasteiger partial charge in [0.15, 0.2) is 12.4 Å². The molecule has 136 valence electrons. The standard InChI is InChI=1S/C16H15BrClN5O3/c1-25-9-23-8-12(7-19-23)20-16(24)14-4-5-22(21-14)10-26-15-3-2-11(17)6-13(15)18/h2-8H,9-10H2,1H3,(H,20,24). The first kappa shape index (κ1) is 18.4. The highest BCUT2D eigenvalue weighted by atomic mass is 79.9. The number of carbonyl (C=O) groups excluding carboxylic acids is 1. The summed E-state index contributed by atoms with van der Waals surface area (Å²) >= 11 is 9.43. The Balaban J connectivity index is 1.58. The van der Waals surface area contributed by atoms with Gasteiger partial charge in [-0.3, -0.25) is 4.79 Å². The summed E-state index contributed by atoms with van der Waals surface area (Å²) in [5.74, 6) is 0.185. The number of amides is 1. The van der Waals surface area contributed by atoms with E-state index in [9.17, 15) is 4.79 Å². The van der Waals surface area contributed by atoms with Crippen molar-refractivity contribution >= 4 is 39.1 Å². The summed E-state index contributed by atoms with van der Waals surface area (Å²) in [5, 5.41) is 11.4. The first-order valence-corrected chi connectivity index (χ1v) is 8.66. The fraction of sp³-hybridized carbons (Fsp3) is 0.188. The molecule has 3 aromatic rings. The van der Waals surface area contributed by atoms with E-state index >= 15 is 0 Å². The molecule has 0 fully saturated rings. The van der Waals surface area contributed by atoms with E-state index in [-0.39, 0.29) is 18.3 Å². The average Bonchev–Trinajstić information content (AvgIpc) is 3.24. The highest BCUT2D eigenvalue weighted by Gasteiger charge is 2.11. The average molecular weight is 441 g/mol. The van der Waals surface area contributed by atoms with Crippen molar-refractivity contribution in [3.63, 3.8) is 0 Å². The van der Waals surface area contributed by atoms with Gasteiger partial charge in [0.2, 0.25) is 0 Å². The van der Waals surface area contributed by atoms with Gasteiger partial charge in [0.25, 0.3) is 5.91 Å². The predicted octanol–water partition coefficient (Wildman–Crippen LogP) is 3.39. The molecule has 26 heavy (non-hydrogen) atoms. The Morgan fingerprint density at radius 2 is 2.15 bits per heavy atom. The lowest BCUT2D eigenvalue weighted by Crippen LogP contribution is -2.14. The van der Waals surface area contributed by atoms with E-state index in [2.05, 4.69) is 31.4 Å². The van der Waals surface area contributed by atoms with Gasteiger partial charge in [0.05, 0.1) is 23.1 Å². The molecule has 2 aromatic heterocycles. The van der Waals surface area contributed by atoms with E-state index in [0.29, 0.717) is 23.2 Å². The zero-order valence-electron chi connectivity index (χ0n) is 13.7. The van der Waals surface area contributed by atoms with E-state index in [1.54, 1.807) is 42.4 Å². The van der Waals surface area contributed by atoms with Gasteiger partial charge in [0, 0.05) is 17.8 Å². The molecule has 3 rings (SSSR count). The quantitative estimate of drug-likeness (QED) is 0.609. The van der Waals surface area contributed by atoms with Gasteiger partial charge in [-0.05, 0) is 24.3 Å². The molecule has 0 aliphatic carbocycles. The van der Waals surface area contributed by atoms with Crippen LogP contribution >= 0.6 is 27.5 Å². The van der Waals surface area contributed by atoms with Gasteiger partial charge in [-0.25, -0.2) is 9.36 Å². The van der Waals surface area contributed by atoms with Crippen molar-refractivity contribution in [2.24, 2.45) is 0 Å². The molecule has 0 spiro atoms. The molecule has 0 radical (unpaired) electrons. The number of halogens is 2. The Morgan fingerprint density at radius 3 is 2.92 bits per heavy atom. The Morgan fingerprint density at radius 1 is 1.31 bits per heavy atom. The lowest BCUT2D eigenvalue weighted by molar-refractivity contribution is 0.102. The summed E-state index contributed by atoms with van der Waals surface area (Å²) in [6.45, 7) is 0.431. The SMILES string of the molecule is COCn1cc(NC(=O)c2ccn(COc3ccc(Br)cc3Cl)n2)cn1. The molecule has 0 unspecified atom stereocenters. The first-order chi connectivity index (χ1) is 12.5. The third-order valence-corrected chi connectivity index (χ3v) is 4.06. The molecule has 0 aliphatic rings. The van der Waals surface area contributed by atoms with Gasteiger partial charge in [-0.1, -0.05) is 27.5 Å². The summed E-state index contributed by atoms with van der Waals surface area (Å²) in [7, 11) is 1.57. The molecule has 0 saturated heterocycles. The second-order valence-electron chi connectivity index (χ2n) is 5.23. The second kappa shape index (κ2) is 8.35. The molecule has 0 atom stereocenters. The first-order valence-electron chi connectivity index (χ1n) is 7.49. The maximum Gasteiger partial charge on any atom is 0.276 e. The fourth-order valence-electron chi connectivity index (χ4n) is 2.11. The van der Waals surface area contributed by atoms with Gasteiger partial charge >= 0.3 is 0 Å². The highest BCUT2D eigenvalue weighted by Crippen LogP contribution is 2.27. The van der Waals surface area contributed by atoms with Gasteiger partial charge in [0.1, 0.15) is 12.5 Å². The molecule has 0 aliphatic heterocycles. The monoisotopic (exact) mass is 439 g/mol. The van der Waals surface area contributed by atoms with E-state index in [4.69, 9.17) is 21.1 Å². The smallest absolute Gasteiger partial charge is 0.276 e. The summed E-state index contributed by atoms with van der Waals surface area (Å²) in [6.07, 6.45) is 4.85. The molecule has 0 saturated carbocycles. The zero-order valence-corrected chi connectivity index (χ0v) is 16.1. The summed E-state index contributed by atoms with van der Waals surface area (Å²) < 4.78 is 14.5. The van der Waals surface area contributed by atoms with Crippen LogP contribution in [0, 0.1) is 0 Å². The van der Waals surface area contributed by atoms with Crippen LogP contribution in [0.5, 0.6) is 5.75 Å². The summed E-state index contributed by atoms with van der Waals surface area (Å²) in [5.41, 5.74) is 0.814. The molecule has 0 bridgehead atoms. The maximum absolute atomic E-state index is 12.2. The Hall–Kier alpha value is -2.36. The number of ether oxygens (including phenoxy) is 2. The van der Waals surface area contributed by atoms with Crippen LogP contribution in [-0.2, 0) is 18.2 Å². The third-order valence-electron chi connectivity index (χ3n) is 3.27. The van der Waals surface area contributed by atoms with Crippen molar-refractivity contribution in [2.45, 2.75) is 13.5 Å². The van der Waals surface area contributed by atoms with Crippen LogP contribution in [-0.4, -0.2) is 32.6 Å². The highest BCUT2D eigenvalue weighted by molar-refractivity contribution is 9.10. The molecule has 2 heterocycles. The number of rotatable bonds is 7. The van der Waals surface area contributed by atoms with Gasteiger partial charge in [-0.15, -0.1) is 0 Å². The lowest BCUT2D eigenvalue weighted by Gasteiger charge is -2.08. The molecular weight excluding hydrogens is 426 g/mol. The van der Waals surface area contributed by atoms with Crippen molar-refractivity contribution in [2.75, 3.05) is 12.4 Å². The number of aromatic nitrogens is 4. The predicted molar refractivity (Wildman–Crippen MR) is 99.2 cm³/mol. The molecular formula is C16H15BrClN5O3. The van der Waals surface area contributed by atoms with E-state index in [1.165, 1.54) is 10.9 Å². The van der Waals surface area contributed by atoms with Crippen LogP contribution in [0.3, 0.4) is 0 Å². The van der Waals surface area contributed by atoms with Crippen LogP contribution in [0.2, 0.25) is 5.02 Å². The number of hydrogen-bond donors (Lipinski definition) is 1. The number of benzene rings is 1. The van der Waals surface area contributed by atoms with Crippen LogP contribution < -0.4 is 10.1 Å². The fourth-order valence-corrected chi connectivity index (χ4v) is 2.84. The number of nitrogens with one attached hydrogen (secondary N) is 1. The van der Waals surface area contributed by atoms with Crippen LogP contribution in [0.25, 0.3) is 0 Å². The minimum Gasteiger partial charge on any atom is -0.470 e. The van der Waals surface area contributed by atoms with E-state index in [0.717, 1.165) is 4.47 Å². The number of hydrogen-bond acceptors (Lipinski definition) is 5. The minimum absolute atomic E-state index is 0.125. The zero-order chi connectivity index (χ0) is 18.5. The van der Waals surface area contributed by atoms with Crippen molar-refractivity contribution in [1.82, 2.24) is 19.6 Å². The Labute approximate surface area is 162 Å². The largest absolute Gasteiger partial charge is 0.470 e. The van der Waals surface area contributed by atoms with Crippen LogP contribution in [0.15, 0.2) is 47.3 Å². The normalized spacial score (nSPS) is 10.7. The molecule has 1 N–H and O–H groups in total. The Kier molecular flexibility index (Phi) is 5.92. The molecule has 10 heteroatoms. The van der Waals surface area contributed by atoms with Crippen molar-refractivity contribution in [1.29, 1.82) is 0 Å². The topological polar surface area (TPSA) is 83.2 Å². The molecule has 1 aromatic carbocycles. The summed E-state index contributed by atoms with van der Waals surface area (Å²) in [4.78, 5) is 12.2. The van der Waals surface area contributed by atoms with Crippen LogP contribution in [0.4, 0.5) is 5.69 Å². The maximum atomic E-state index is 12.2. The second-order valence-corrected chi connectivity index (χ2v) is 6.55. The number of anilines is 1. The molecule has 1 amide bonds. The van der Waals surface area contributed by atoms with Gasteiger partial charge < -0.3 is 14.8 Å². The van der Waals surface area contributed by atoms with Crippen molar-refractivity contribution in [3.8, 4) is 5.75 Å². The Bertz CT molecular complexity index is 911. The van der Waals surface area contributed by atoms with Crippen LogP contribution in [0.1, 0.15) is 10.5 Å². The minimum atomic E-state index is -0.345. The van der Waals surface area contributed by atoms with Crippen molar-refractivity contribution < 1.29 is 14.3 Å². The van der Waals surface area contributed by atoms with Gasteiger partial charge in [-0.2, -0.15) is 10.2 Å². The van der Waals surface area contributed by atoms with E-state index < -0.39 is 0 Å². The number of methoxy groups -OCH3 is 1.